The number of carbonyl (C=O) groups is 1. The molecule has 2 heterocycles. The number of nitrogens with one attached hydrogen (secondary N) is 1. The lowest BCUT2D eigenvalue weighted by atomic mass is 10.1. The van der Waals surface area contributed by atoms with Crippen molar-refractivity contribution in [1.82, 2.24) is 5.32 Å². The summed E-state index contributed by atoms with van der Waals surface area (Å²) in [6.45, 7) is 0. The van der Waals surface area contributed by atoms with Gasteiger partial charge >= 0.3 is 5.63 Å². The number of amides is 1. The Morgan fingerprint density at radius 2 is 2.09 bits per heavy atom. The molecule has 1 aromatic heterocycles. The first-order valence-electron chi connectivity index (χ1n) is 7.18. The van der Waals surface area contributed by atoms with E-state index in [1.165, 1.54) is 13.2 Å². The summed E-state index contributed by atoms with van der Waals surface area (Å²) in [5.41, 5.74) is 0.174. The van der Waals surface area contributed by atoms with Gasteiger partial charge in [0.25, 0.3) is 5.91 Å². The van der Waals surface area contributed by atoms with Gasteiger partial charge in [-0.05, 0) is 36.5 Å². The molecule has 1 N–H and O–H groups in total. The molecular formula is C16H17NO4S. The summed E-state index contributed by atoms with van der Waals surface area (Å²) in [6.07, 6.45) is 1.92. The Kier molecular flexibility index (Phi) is 4.38. The van der Waals surface area contributed by atoms with Gasteiger partial charge in [-0.15, -0.1) is 0 Å². The van der Waals surface area contributed by atoms with Gasteiger partial charge in [-0.1, -0.05) is 0 Å². The molecule has 0 radical (unpaired) electrons. The molecule has 0 bridgehead atoms. The van der Waals surface area contributed by atoms with Crippen LogP contribution >= 0.6 is 11.8 Å². The molecule has 1 aliphatic heterocycles. The number of methoxy groups -OCH3 is 1. The molecule has 2 aromatic rings. The lowest BCUT2D eigenvalue weighted by Crippen LogP contribution is -2.37. The van der Waals surface area contributed by atoms with Crippen molar-refractivity contribution in [2.75, 3.05) is 18.6 Å². The average Bonchev–Trinajstić information content (AvgIpc) is 2.54. The molecule has 1 aliphatic rings. The van der Waals surface area contributed by atoms with E-state index in [-0.39, 0.29) is 11.9 Å². The zero-order valence-corrected chi connectivity index (χ0v) is 13.1. The van der Waals surface area contributed by atoms with Gasteiger partial charge in [-0.25, -0.2) is 4.79 Å². The number of ether oxygens (including phenoxy) is 1. The third-order valence-corrected chi connectivity index (χ3v) is 4.80. The van der Waals surface area contributed by atoms with Crippen molar-refractivity contribution in [3.63, 3.8) is 0 Å². The fraction of sp³-hybridized carbons (Fsp3) is 0.375. The largest absolute Gasteiger partial charge is 0.497 e. The number of thioether (sulfide) groups is 1. The van der Waals surface area contributed by atoms with Crippen molar-refractivity contribution in [3.8, 4) is 5.75 Å². The highest BCUT2D eigenvalue weighted by molar-refractivity contribution is 7.99. The summed E-state index contributed by atoms with van der Waals surface area (Å²) in [7, 11) is 1.54. The summed E-state index contributed by atoms with van der Waals surface area (Å²) < 4.78 is 10.3. The van der Waals surface area contributed by atoms with Gasteiger partial charge in [0, 0.05) is 23.6 Å². The number of carbonyl (C=O) groups excluding carboxylic acids is 1. The molecule has 1 aromatic carbocycles. The van der Waals surface area contributed by atoms with Gasteiger partial charge in [0.15, 0.2) is 0 Å². The van der Waals surface area contributed by atoms with Crippen LogP contribution in [0.3, 0.4) is 0 Å². The minimum absolute atomic E-state index is 0.175. The minimum atomic E-state index is -0.537. The third-order valence-electron chi connectivity index (χ3n) is 3.75. The van der Waals surface area contributed by atoms with E-state index in [0.29, 0.717) is 22.3 Å². The van der Waals surface area contributed by atoms with Crippen LogP contribution in [0.5, 0.6) is 5.75 Å². The van der Waals surface area contributed by atoms with Crippen LogP contribution in [-0.4, -0.2) is 30.6 Å². The smallest absolute Gasteiger partial charge is 0.337 e. The summed E-state index contributed by atoms with van der Waals surface area (Å²) in [6, 6.07) is 6.53. The number of hydrogen-bond acceptors (Lipinski definition) is 5. The standard InChI is InChI=1S/C16H17NO4S/c1-20-11-2-3-12-13(9-15(18)21-14(12)8-11)16(19)17-10-4-6-22-7-5-10/h2-3,8-10H,4-7H2,1H3,(H,17,19). The molecule has 0 saturated carbocycles. The molecule has 1 amide bonds. The van der Waals surface area contributed by atoms with E-state index in [2.05, 4.69) is 5.32 Å². The third kappa shape index (κ3) is 3.11. The second-order valence-corrected chi connectivity index (χ2v) is 6.43. The molecule has 0 unspecified atom stereocenters. The van der Waals surface area contributed by atoms with Crippen molar-refractivity contribution >= 4 is 28.6 Å². The molecule has 0 aliphatic carbocycles. The van der Waals surface area contributed by atoms with E-state index in [1.54, 1.807) is 18.2 Å². The summed E-state index contributed by atoms with van der Waals surface area (Å²) in [5, 5.41) is 3.63. The van der Waals surface area contributed by atoms with Crippen LogP contribution < -0.4 is 15.7 Å². The average molecular weight is 319 g/mol. The first kappa shape index (κ1) is 15.0. The fourth-order valence-corrected chi connectivity index (χ4v) is 3.67. The van der Waals surface area contributed by atoms with E-state index in [9.17, 15) is 9.59 Å². The highest BCUT2D eigenvalue weighted by Crippen LogP contribution is 2.23. The molecular weight excluding hydrogens is 302 g/mol. The molecule has 5 nitrogen and oxygen atoms in total. The van der Waals surface area contributed by atoms with E-state index in [4.69, 9.17) is 9.15 Å². The zero-order valence-electron chi connectivity index (χ0n) is 12.3. The molecule has 22 heavy (non-hydrogen) atoms. The van der Waals surface area contributed by atoms with Crippen LogP contribution in [0.25, 0.3) is 11.0 Å². The van der Waals surface area contributed by atoms with Crippen LogP contribution in [-0.2, 0) is 0 Å². The van der Waals surface area contributed by atoms with Crippen molar-refractivity contribution in [1.29, 1.82) is 0 Å². The topological polar surface area (TPSA) is 68.5 Å². The lowest BCUT2D eigenvalue weighted by Gasteiger charge is -2.22. The quantitative estimate of drug-likeness (QED) is 0.880. The fourth-order valence-electron chi connectivity index (χ4n) is 2.56. The predicted molar refractivity (Wildman–Crippen MR) is 86.8 cm³/mol. The van der Waals surface area contributed by atoms with E-state index < -0.39 is 5.63 Å². The molecule has 6 heteroatoms. The van der Waals surface area contributed by atoms with E-state index in [1.807, 2.05) is 11.8 Å². The maximum Gasteiger partial charge on any atom is 0.337 e. The zero-order chi connectivity index (χ0) is 15.5. The second-order valence-electron chi connectivity index (χ2n) is 5.20. The number of benzene rings is 1. The van der Waals surface area contributed by atoms with Crippen molar-refractivity contribution < 1.29 is 13.9 Å². The van der Waals surface area contributed by atoms with Crippen molar-refractivity contribution in [2.45, 2.75) is 18.9 Å². The molecule has 1 saturated heterocycles. The Morgan fingerprint density at radius 3 is 2.82 bits per heavy atom. The Bertz CT molecular complexity index is 749. The first-order chi connectivity index (χ1) is 10.7. The van der Waals surface area contributed by atoms with E-state index >= 15 is 0 Å². The van der Waals surface area contributed by atoms with Gasteiger partial charge < -0.3 is 14.5 Å². The van der Waals surface area contributed by atoms with Gasteiger partial charge in [-0.2, -0.15) is 11.8 Å². The number of hydrogen-bond donors (Lipinski definition) is 1. The van der Waals surface area contributed by atoms with Gasteiger partial charge in [0.05, 0.1) is 12.7 Å². The van der Waals surface area contributed by atoms with Crippen molar-refractivity contribution in [2.24, 2.45) is 0 Å². The van der Waals surface area contributed by atoms with Crippen LogP contribution in [0.2, 0.25) is 0 Å². The van der Waals surface area contributed by atoms with Gasteiger partial charge in [-0.3, -0.25) is 4.79 Å². The Morgan fingerprint density at radius 1 is 1.32 bits per heavy atom. The molecule has 3 rings (SSSR count). The minimum Gasteiger partial charge on any atom is -0.497 e. The Balaban J connectivity index is 1.94. The highest BCUT2D eigenvalue weighted by Gasteiger charge is 2.19. The first-order valence-corrected chi connectivity index (χ1v) is 8.33. The predicted octanol–water partition coefficient (Wildman–Crippen LogP) is 2.43. The normalized spacial score (nSPS) is 15.7. The van der Waals surface area contributed by atoms with Crippen LogP contribution in [0, 0.1) is 0 Å². The summed E-state index contributed by atoms with van der Waals surface area (Å²) in [5.74, 6) is 2.47. The highest BCUT2D eigenvalue weighted by atomic mass is 32.2. The second kappa shape index (κ2) is 6.44. The van der Waals surface area contributed by atoms with Crippen molar-refractivity contribution in [3.05, 3.63) is 40.2 Å². The summed E-state index contributed by atoms with van der Waals surface area (Å²) >= 11 is 1.90. The SMILES string of the molecule is COc1ccc2c(C(=O)NC3CCSCC3)cc(=O)oc2c1. The maximum absolute atomic E-state index is 12.5. The summed E-state index contributed by atoms with van der Waals surface area (Å²) in [4.78, 5) is 24.2. The lowest BCUT2D eigenvalue weighted by molar-refractivity contribution is 0.0936. The van der Waals surface area contributed by atoms with E-state index in [0.717, 1.165) is 24.3 Å². The number of rotatable bonds is 3. The van der Waals surface area contributed by atoms with Crippen LogP contribution in [0.1, 0.15) is 23.2 Å². The van der Waals surface area contributed by atoms with Gasteiger partial charge in [0.1, 0.15) is 11.3 Å². The molecule has 0 atom stereocenters. The van der Waals surface area contributed by atoms with Gasteiger partial charge in [0.2, 0.25) is 0 Å². The molecule has 0 spiro atoms. The Labute approximate surface area is 132 Å². The van der Waals surface area contributed by atoms with Crippen LogP contribution in [0.15, 0.2) is 33.5 Å². The molecule has 116 valence electrons. The Hall–Kier alpha value is -1.95. The number of fused-ring (bicyclic) bond motifs is 1. The maximum atomic E-state index is 12.5. The molecule has 1 fully saturated rings. The monoisotopic (exact) mass is 319 g/mol. The van der Waals surface area contributed by atoms with Crippen LogP contribution in [0.4, 0.5) is 0 Å².